The first-order valence-electron chi connectivity index (χ1n) is 4.88. The molecule has 0 spiro atoms. The fourth-order valence-corrected chi connectivity index (χ4v) is 1.94. The van der Waals surface area contributed by atoms with Crippen molar-refractivity contribution < 1.29 is 0 Å². The Bertz CT molecular complexity index is 270. The second-order valence-corrected chi connectivity index (χ2v) is 5.38. The van der Waals surface area contributed by atoms with E-state index in [0.717, 1.165) is 19.5 Å². The van der Waals surface area contributed by atoms with Crippen LogP contribution in [0.3, 0.4) is 0 Å². The fourth-order valence-electron chi connectivity index (χ4n) is 1.44. The molecule has 0 N–H and O–H groups in total. The molecule has 80 valence electrons. The zero-order valence-corrected chi connectivity index (χ0v) is 10.7. The van der Waals surface area contributed by atoms with E-state index in [0.29, 0.717) is 4.83 Å². The van der Waals surface area contributed by atoms with Crippen molar-refractivity contribution in [2.75, 3.05) is 20.1 Å². The molecule has 3 nitrogen and oxygen atoms in total. The van der Waals surface area contributed by atoms with E-state index in [1.807, 2.05) is 17.9 Å². The van der Waals surface area contributed by atoms with Crippen molar-refractivity contribution in [3.05, 3.63) is 18.0 Å². The summed E-state index contributed by atoms with van der Waals surface area (Å²) in [6.07, 6.45) is 5.08. The van der Waals surface area contributed by atoms with Crippen molar-refractivity contribution in [1.82, 2.24) is 14.7 Å². The molecule has 0 amide bonds. The summed E-state index contributed by atoms with van der Waals surface area (Å²) in [5.74, 6) is 0. The summed E-state index contributed by atoms with van der Waals surface area (Å²) < 4.78 is 1.85. The van der Waals surface area contributed by atoms with E-state index in [1.54, 1.807) is 0 Å². The lowest BCUT2D eigenvalue weighted by molar-refractivity contribution is 0.344. The number of aryl methyl sites for hydroxylation is 1. The summed E-state index contributed by atoms with van der Waals surface area (Å²) in [7, 11) is 4.10. The SMILES string of the molecule is CC(Br)CN(C)CCc1cnn(C)c1. The largest absolute Gasteiger partial charge is 0.305 e. The van der Waals surface area contributed by atoms with Gasteiger partial charge in [0.25, 0.3) is 0 Å². The Balaban J connectivity index is 2.26. The summed E-state index contributed by atoms with van der Waals surface area (Å²) in [4.78, 5) is 2.88. The second-order valence-electron chi connectivity index (χ2n) is 3.82. The molecular formula is C10H18BrN3. The molecule has 0 fully saturated rings. The molecule has 0 saturated heterocycles. The molecule has 0 aliphatic rings. The van der Waals surface area contributed by atoms with E-state index in [1.165, 1.54) is 5.56 Å². The van der Waals surface area contributed by atoms with E-state index in [2.05, 4.69) is 46.1 Å². The Morgan fingerprint density at radius 3 is 2.86 bits per heavy atom. The van der Waals surface area contributed by atoms with Gasteiger partial charge in [0.15, 0.2) is 0 Å². The van der Waals surface area contributed by atoms with Crippen LogP contribution in [0.1, 0.15) is 12.5 Å². The molecule has 0 bridgehead atoms. The van der Waals surface area contributed by atoms with E-state index in [-0.39, 0.29) is 0 Å². The molecule has 1 heterocycles. The molecule has 1 aromatic heterocycles. The van der Waals surface area contributed by atoms with E-state index >= 15 is 0 Å². The van der Waals surface area contributed by atoms with Crippen LogP contribution in [0.25, 0.3) is 0 Å². The van der Waals surface area contributed by atoms with Gasteiger partial charge in [-0.3, -0.25) is 4.68 Å². The van der Waals surface area contributed by atoms with Crippen LogP contribution in [0, 0.1) is 0 Å². The third-order valence-electron chi connectivity index (χ3n) is 2.10. The third-order valence-corrected chi connectivity index (χ3v) is 2.39. The average Bonchev–Trinajstić information content (AvgIpc) is 2.47. The van der Waals surface area contributed by atoms with Crippen molar-refractivity contribution in [2.45, 2.75) is 18.2 Å². The minimum atomic E-state index is 0.557. The molecule has 0 aliphatic carbocycles. The third kappa shape index (κ3) is 4.24. The Morgan fingerprint density at radius 1 is 1.64 bits per heavy atom. The van der Waals surface area contributed by atoms with Gasteiger partial charge in [0.2, 0.25) is 0 Å². The molecule has 1 rings (SSSR count). The highest BCUT2D eigenvalue weighted by Crippen LogP contribution is 2.02. The van der Waals surface area contributed by atoms with Crippen molar-refractivity contribution in [3.63, 3.8) is 0 Å². The fraction of sp³-hybridized carbons (Fsp3) is 0.700. The number of alkyl halides is 1. The Morgan fingerprint density at radius 2 is 2.36 bits per heavy atom. The van der Waals surface area contributed by atoms with Gasteiger partial charge in [-0.25, -0.2) is 0 Å². The standard InChI is InChI=1S/C10H18BrN3/c1-9(11)7-13(2)5-4-10-6-12-14(3)8-10/h6,8-9H,4-5,7H2,1-3H3. The van der Waals surface area contributed by atoms with Crippen LogP contribution in [-0.2, 0) is 13.5 Å². The molecule has 1 aromatic rings. The maximum absolute atomic E-state index is 4.14. The highest BCUT2D eigenvalue weighted by atomic mass is 79.9. The number of aromatic nitrogens is 2. The summed E-state index contributed by atoms with van der Waals surface area (Å²) in [6, 6.07) is 0. The lowest BCUT2D eigenvalue weighted by Crippen LogP contribution is -2.26. The zero-order chi connectivity index (χ0) is 10.6. The molecule has 14 heavy (non-hydrogen) atoms. The van der Waals surface area contributed by atoms with Gasteiger partial charge in [-0.15, -0.1) is 0 Å². The smallest absolute Gasteiger partial charge is 0.0522 e. The summed E-state index contributed by atoms with van der Waals surface area (Å²) in [6.45, 7) is 4.34. The van der Waals surface area contributed by atoms with Crippen molar-refractivity contribution >= 4 is 15.9 Å². The first-order valence-corrected chi connectivity index (χ1v) is 5.79. The quantitative estimate of drug-likeness (QED) is 0.751. The Labute approximate surface area is 94.2 Å². The van der Waals surface area contributed by atoms with Gasteiger partial charge in [-0.05, 0) is 19.0 Å². The normalized spacial score (nSPS) is 13.5. The Hall–Kier alpha value is -0.350. The van der Waals surface area contributed by atoms with Crippen molar-refractivity contribution in [3.8, 4) is 0 Å². The summed E-state index contributed by atoms with van der Waals surface area (Å²) in [5.41, 5.74) is 1.31. The highest BCUT2D eigenvalue weighted by molar-refractivity contribution is 9.09. The van der Waals surface area contributed by atoms with Crippen molar-refractivity contribution in [1.29, 1.82) is 0 Å². The van der Waals surface area contributed by atoms with Crippen LogP contribution >= 0.6 is 15.9 Å². The van der Waals surface area contributed by atoms with Gasteiger partial charge in [0.1, 0.15) is 0 Å². The monoisotopic (exact) mass is 259 g/mol. The molecule has 1 unspecified atom stereocenters. The minimum absolute atomic E-state index is 0.557. The minimum Gasteiger partial charge on any atom is -0.305 e. The summed E-state index contributed by atoms with van der Waals surface area (Å²) >= 11 is 3.55. The molecule has 0 radical (unpaired) electrons. The second kappa shape index (κ2) is 5.51. The highest BCUT2D eigenvalue weighted by Gasteiger charge is 2.03. The number of rotatable bonds is 5. The maximum atomic E-state index is 4.14. The van der Waals surface area contributed by atoms with Crippen LogP contribution in [0.2, 0.25) is 0 Å². The molecule has 0 saturated carbocycles. The van der Waals surface area contributed by atoms with E-state index < -0.39 is 0 Å². The van der Waals surface area contributed by atoms with Crippen LogP contribution in [0.15, 0.2) is 12.4 Å². The van der Waals surface area contributed by atoms with Crippen LogP contribution in [0.5, 0.6) is 0 Å². The average molecular weight is 260 g/mol. The molecular weight excluding hydrogens is 242 g/mol. The van der Waals surface area contributed by atoms with Gasteiger partial charge in [-0.1, -0.05) is 22.9 Å². The lowest BCUT2D eigenvalue weighted by Gasteiger charge is -2.17. The predicted octanol–water partition coefficient (Wildman–Crippen LogP) is 1.68. The van der Waals surface area contributed by atoms with Gasteiger partial charge in [-0.2, -0.15) is 5.10 Å². The number of nitrogens with zero attached hydrogens (tertiary/aromatic N) is 3. The first kappa shape index (κ1) is 11.7. The van der Waals surface area contributed by atoms with Crippen LogP contribution in [-0.4, -0.2) is 39.6 Å². The zero-order valence-electron chi connectivity index (χ0n) is 9.07. The number of likely N-dealkylation sites (N-methyl/N-ethyl adjacent to an activating group) is 1. The maximum Gasteiger partial charge on any atom is 0.0522 e. The predicted molar refractivity (Wildman–Crippen MR) is 62.8 cm³/mol. The summed E-state index contributed by atoms with van der Waals surface area (Å²) in [5, 5.41) is 4.14. The first-order chi connectivity index (χ1) is 6.58. The van der Waals surface area contributed by atoms with Gasteiger partial charge in [0, 0.05) is 31.2 Å². The molecule has 0 aromatic carbocycles. The van der Waals surface area contributed by atoms with Gasteiger partial charge in [0.05, 0.1) is 6.20 Å². The lowest BCUT2D eigenvalue weighted by atomic mass is 10.2. The molecule has 4 heteroatoms. The van der Waals surface area contributed by atoms with Gasteiger partial charge >= 0.3 is 0 Å². The number of hydrogen-bond donors (Lipinski definition) is 0. The van der Waals surface area contributed by atoms with Crippen LogP contribution in [0.4, 0.5) is 0 Å². The topological polar surface area (TPSA) is 21.1 Å². The number of halogens is 1. The number of hydrogen-bond acceptors (Lipinski definition) is 2. The van der Waals surface area contributed by atoms with Gasteiger partial charge < -0.3 is 4.90 Å². The van der Waals surface area contributed by atoms with Crippen molar-refractivity contribution in [2.24, 2.45) is 7.05 Å². The van der Waals surface area contributed by atoms with E-state index in [4.69, 9.17) is 0 Å². The molecule has 1 atom stereocenters. The molecule has 0 aliphatic heterocycles. The van der Waals surface area contributed by atoms with Crippen LogP contribution < -0.4 is 0 Å². The Kier molecular flexibility index (Phi) is 4.62. The van der Waals surface area contributed by atoms with E-state index in [9.17, 15) is 0 Å².